The lowest BCUT2D eigenvalue weighted by atomic mass is 10.0. The lowest BCUT2D eigenvalue weighted by Gasteiger charge is -2.15. The Morgan fingerprint density at radius 1 is 1.41 bits per heavy atom. The molecule has 92 valence electrons. The molecule has 0 bridgehead atoms. The number of pyridine rings is 1. The van der Waals surface area contributed by atoms with E-state index in [1.807, 2.05) is 27.7 Å². The van der Waals surface area contributed by atoms with Gasteiger partial charge in [-0.2, -0.15) is 0 Å². The second-order valence-corrected chi connectivity index (χ2v) is 4.68. The van der Waals surface area contributed by atoms with E-state index in [1.165, 1.54) is 0 Å². The van der Waals surface area contributed by atoms with Crippen LogP contribution < -0.4 is 0 Å². The molecule has 2 rings (SSSR count). The molecule has 4 nitrogen and oxygen atoms in total. The number of esters is 1. The average molecular weight is 256 g/mol. The minimum Gasteiger partial charge on any atom is -0.427 e. The van der Waals surface area contributed by atoms with E-state index in [4.69, 9.17) is 21.1 Å². The Labute approximate surface area is 105 Å². The van der Waals surface area contributed by atoms with Crippen LogP contribution in [0.1, 0.15) is 47.3 Å². The Morgan fingerprint density at radius 3 is 2.65 bits per heavy atom. The molecule has 1 unspecified atom stereocenters. The number of fused-ring (bicyclic) bond motifs is 1. The number of ether oxygens (including phenoxy) is 2. The third-order valence-corrected chi connectivity index (χ3v) is 3.01. The minimum atomic E-state index is -0.739. The molecule has 17 heavy (non-hydrogen) atoms. The summed E-state index contributed by atoms with van der Waals surface area (Å²) < 4.78 is 10.7. The van der Waals surface area contributed by atoms with Crippen molar-refractivity contribution in [1.29, 1.82) is 0 Å². The van der Waals surface area contributed by atoms with E-state index in [0.29, 0.717) is 11.1 Å². The van der Waals surface area contributed by atoms with Crippen LogP contribution in [-0.4, -0.2) is 17.1 Å². The van der Waals surface area contributed by atoms with Gasteiger partial charge >= 0.3 is 5.97 Å². The van der Waals surface area contributed by atoms with Gasteiger partial charge in [-0.25, -0.2) is 9.78 Å². The number of aromatic nitrogens is 1. The minimum absolute atomic E-state index is 0.0589. The van der Waals surface area contributed by atoms with E-state index >= 15 is 0 Å². The number of cyclic esters (lactones) is 1. The van der Waals surface area contributed by atoms with Crippen molar-refractivity contribution in [3.8, 4) is 0 Å². The molecule has 0 radical (unpaired) electrons. The third-order valence-electron chi connectivity index (χ3n) is 2.72. The molecule has 1 aromatic heterocycles. The largest absolute Gasteiger partial charge is 0.427 e. The summed E-state index contributed by atoms with van der Waals surface area (Å²) in [6, 6.07) is 0. The number of hydrogen-bond acceptors (Lipinski definition) is 4. The Morgan fingerprint density at radius 2 is 2.06 bits per heavy atom. The summed E-state index contributed by atoms with van der Waals surface area (Å²) >= 11 is 6.07. The van der Waals surface area contributed by atoms with Gasteiger partial charge < -0.3 is 9.47 Å². The second kappa shape index (κ2) is 4.27. The first-order valence-corrected chi connectivity index (χ1v) is 5.82. The van der Waals surface area contributed by atoms with Gasteiger partial charge in [0.25, 0.3) is 0 Å². The van der Waals surface area contributed by atoms with Crippen molar-refractivity contribution in [1.82, 2.24) is 4.98 Å². The van der Waals surface area contributed by atoms with Crippen LogP contribution in [0.2, 0.25) is 5.15 Å². The van der Waals surface area contributed by atoms with Gasteiger partial charge in [0.2, 0.25) is 6.29 Å². The lowest BCUT2D eigenvalue weighted by Crippen LogP contribution is -2.10. The van der Waals surface area contributed by atoms with Gasteiger partial charge in [0.05, 0.1) is 17.2 Å². The maximum Gasteiger partial charge on any atom is 0.341 e. The average Bonchev–Trinajstić information content (AvgIpc) is 2.51. The molecule has 0 fully saturated rings. The Bertz CT molecular complexity index is 485. The van der Waals surface area contributed by atoms with Crippen LogP contribution in [0.5, 0.6) is 0 Å². The summed E-state index contributed by atoms with van der Waals surface area (Å²) in [6.07, 6.45) is -0.798. The quantitative estimate of drug-likeness (QED) is 0.602. The number of rotatable bonds is 2. The fourth-order valence-corrected chi connectivity index (χ4v) is 2.12. The molecule has 0 saturated carbocycles. The van der Waals surface area contributed by atoms with E-state index in [1.54, 1.807) is 0 Å². The number of nitrogens with zero attached hydrogens (tertiary/aromatic N) is 1. The summed E-state index contributed by atoms with van der Waals surface area (Å²) in [5.74, 6) is -0.393. The number of aryl methyl sites for hydroxylation is 1. The molecule has 0 spiro atoms. The molecule has 0 N–H and O–H groups in total. The van der Waals surface area contributed by atoms with Crippen molar-refractivity contribution in [2.75, 3.05) is 0 Å². The molecule has 1 aliphatic heterocycles. The zero-order valence-corrected chi connectivity index (χ0v) is 11.0. The van der Waals surface area contributed by atoms with Crippen molar-refractivity contribution >= 4 is 17.6 Å². The SMILES string of the molecule is Cc1nc(Cl)c2c(c1C)C(=O)OC2OC(C)C. The van der Waals surface area contributed by atoms with Crippen molar-refractivity contribution in [3.63, 3.8) is 0 Å². The summed E-state index contributed by atoms with van der Waals surface area (Å²) in [4.78, 5) is 16.0. The van der Waals surface area contributed by atoms with Gasteiger partial charge in [0.1, 0.15) is 5.15 Å². The first kappa shape index (κ1) is 12.3. The van der Waals surface area contributed by atoms with Crippen molar-refractivity contribution in [2.24, 2.45) is 0 Å². The van der Waals surface area contributed by atoms with E-state index in [-0.39, 0.29) is 11.3 Å². The fraction of sp³-hybridized carbons (Fsp3) is 0.500. The van der Waals surface area contributed by atoms with Crippen molar-refractivity contribution in [2.45, 2.75) is 40.1 Å². The molecule has 0 aliphatic carbocycles. The number of carbonyl (C=O) groups excluding carboxylic acids is 1. The predicted molar refractivity (Wildman–Crippen MR) is 63.1 cm³/mol. The second-order valence-electron chi connectivity index (χ2n) is 4.32. The van der Waals surface area contributed by atoms with E-state index in [9.17, 15) is 4.79 Å². The highest BCUT2D eigenvalue weighted by molar-refractivity contribution is 6.31. The van der Waals surface area contributed by atoms with Crippen LogP contribution in [0, 0.1) is 13.8 Å². The zero-order chi connectivity index (χ0) is 12.7. The summed E-state index contributed by atoms with van der Waals surface area (Å²) in [5.41, 5.74) is 2.57. The Balaban J connectivity index is 2.54. The Hall–Kier alpha value is -1.13. The molecule has 1 atom stereocenters. The molecule has 0 aromatic carbocycles. The summed E-state index contributed by atoms with van der Waals surface area (Å²) in [6.45, 7) is 7.38. The monoisotopic (exact) mass is 255 g/mol. The van der Waals surface area contributed by atoms with Crippen LogP contribution in [0.15, 0.2) is 0 Å². The topological polar surface area (TPSA) is 48.4 Å². The first-order valence-electron chi connectivity index (χ1n) is 5.44. The Kier molecular flexibility index (Phi) is 3.10. The van der Waals surface area contributed by atoms with Gasteiger partial charge in [0.15, 0.2) is 0 Å². The van der Waals surface area contributed by atoms with Crippen LogP contribution >= 0.6 is 11.6 Å². The molecule has 2 heterocycles. The lowest BCUT2D eigenvalue weighted by molar-refractivity contribution is -0.127. The first-order chi connectivity index (χ1) is 7.91. The van der Waals surface area contributed by atoms with Crippen LogP contribution in [0.3, 0.4) is 0 Å². The van der Waals surface area contributed by atoms with Crippen LogP contribution in [0.25, 0.3) is 0 Å². The molecular weight excluding hydrogens is 242 g/mol. The highest BCUT2D eigenvalue weighted by atomic mass is 35.5. The highest BCUT2D eigenvalue weighted by Crippen LogP contribution is 2.38. The smallest absolute Gasteiger partial charge is 0.341 e. The summed E-state index contributed by atoms with van der Waals surface area (Å²) in [5, 5.41) is 0.277. The van der Waals surface area contributed by atoms with Crippen LogP contribution in [-0.2, 0) is 9.47 Å². The molecule has 1 aliphatic rings. The van der Waals surface area contributed by atoms with Gasteiger partial charge in [-0.15, -0.1) is 0 Å². The standard InChI is InChI=1S/C12H14ClNO3/c1-5(2)16-12-9-8(11(15)17-12)6(3)7(4)14-10(9)13/h5,12H,1-4H3. The summed E-state index contributed by atoms with van der Waals surface area (Å²) in [7, 11) is 0. The normalized spacial score (nSPS) is 18.5. The van der Waals surface area contributed by atoms with Gasteiger partial charge in [-0.1, -0.05) is 11.6 Å². The van der Waals surface area contributed by atoms with Gasteiger partial charge in [0, 0.05) is 5.69 Å². The van der Waals surface area contributed by atoms with E-state index in [0.717, 1.165) is 11.3 Å². The van der Waals surface area contributed by atoms with Crippen molar-refractivity contribution < 1.29 is 14.3 Å². The molecular formula is C12H14ClNO3. The van der Waals surface area contributed by atoms with Crippen LogP contribution in [0.4, 0.5) is 0 Å². The maximum atomic E-state index is 11.8. The van der Waals surface area contributed by atoms with Gasteiger partial charge in [-0.05, 0) is 33.3 Å². The predicted octanol–water partition coefficient (Wildman–Crippen LogP) is 2.95. The van der Waals surface area contributed by atoms with Crippen molar-refractivity contribution in [3.05, 3.63) is 27.5 Å². The number of carbonyl (C=O) groups is 1. The van der Waals surface area contributed by atoms with Gasteiger partial charge in [-0.3, -0.25) is 0 Å². The molecule has 0 amide bonds. The molecule has 0 saturated heterocycles. The zero-order valence-electron chi connectivity index (χ0n) is 10.2. The molecule has 5 heteroatoms. The maximum absolute atomic E-state index is 11.8. The molecule has 1 aromatic rings. The highest BCUT2D eigenvalue weighted by Gasteiger charge is 2.37. The number of hydrogen-bond donors (Lipinski definition) is 0. The third kappa shape index (κ3) is 2.03. The van der Waals surface area contributed by atoms with E-state index in [2.05, 4.69) is 4.98 Å². The fourth-order valence-electron chi connectivity index (χ4n) is 1.81. The number of halogens is 1. The van der Waals surface area contributed by atoms with E-state index < -0.39 is 12.3 Å².